The number of rotatable bonds is 5. The van der Waals surface area contributed by atoms with Gasteiger partial charge in [-0.1, -0.05) is 19.9 Å². The number of hydrogen-bond acceptors (Lipinski definition) is 3. The van der Waals surface area contributed by atoms with Gasteiger partial charge in [-0.2, -0.15) is 0 Å². The lowest BCUT2D eigenvalue weighted by molar-refractivity contribution is -0.142. The van der Waals surface area contributed by atoms with E-state index in [1.54, 1.807) is 11.1 Å². The smallest absolute Gasteiger partial charge is 0.307 e. The average Bonchev–Trinajstić information content (AvgIpc) is 2.99. The summed E-state index contributed by atoms with van der Waals surface area (Å²) < 4.78 is 0. The van der Waals surface area contributed by atoms with E-state index in [0.29, 0.717) is 13.1 Å². The normalized spacial score (nSPS) is 23.1. The van der Waals surface area contributed by atoms with Crippen molar-refractivity contribution in [2.75, 3.05) is 6.54 Å². The molecule has 20 heavy (non-hydrogen) atoms. The van der Waals surface area contributed by atoms with Crippen LogP contribution in [0.1, 0.15) is 26.5 Å². The molecule has 1 aromatic rings. The van der Waals surface area contributed by atoms with Crippen LogP contribution in [0.15, 0.2) is 24.4 Å². The van der Waals surface area contributed by atoms with Gasteiger partial charge < -0.3 is 10.0 Å². The van der Waals surface area contributed by atoms with E-state index in [9.17, 15) is 9.59 Å². The lowest BCUT2D eigenvalue weighted by atomic mass is 10.1. The summed E-state index contributed by atoms with van der Waals surface area (Å²) in [5, 5.41) is 9.17. The van der Waals surface area contributed by atoms with Crippen molar-refractivity contribution in [1.29, 1.82) is 0 Å². The van der Waals surface area contributed by atoms with Gasteiger partial charge in [0, 0.05) is 12.7 Å². The monoisotopic (exact) mass is 276 g/mol. The third kappa shape index (κ3) is 2.53. The second kappa shape index (κ2) is 5.23. The minimum Gasteiger partial charge on any atom is -0.481 e. The van der Waals surface area contributed by atoms with Gasteiger partial charge in [0.2, 0.25) is 5.91 Å². The SMILES string of the molecule is CCN(Cc1ccccn1)C(=O)[C@H]1[C@@H](C(=O)O)C1(C)C. The van der Waals surface area contributed by atoms with Gasteiger partial charge in [0.05, 0.1) is 24.1 Å². The molecule has 108 valence electrons. The third-order valence-corrected chi connectivity index (χ3v) is 4.13. The molecular weight excluding hydrogens is 256 g/mol. The summed E-state index contributed by atoms with van der Waals surface area (Å²) in [5.41, 5.74) is 0.355. The molecule has 1 aliphatic carbocycles. The highest BCUT2D eigenvalue weighted by Gasteiger charge is 2.66. The topological polar surface area (TPSA) is 70.5 Å². The lowest BCUT2D eigenvalue weighted by Crippen LogP contribution is -2.33. The van der Waals surface area contributed by atoms with Crippen LogP contribution in [0.3, 0.4) is 0 Å². The Kier molecular flexibility index (Phi) is 3.79. The minimum absolute atomic E-state index is 0.0875. The molecule has 1 fully saturated rings. The predicted octanol–water partition coefficient (Wildman–Crippen LogP) is 1.79. The first-order valence-electron chi connectivity index (χ1n) is 6.81. The van der Waals surface area contributed by atoms with Crippen molar-refractivity contribution >= 4 is 11.9 Å². The van der Waals surface area contributed by atoms with Gasteiger partial charge in [0.1, 0.15) is 0 Å². The van der Waals surface area contributed by atoms with Crippen LogP contribution in [0.5, 0.6) is 0 Å². The Hall–Kier alpha value is -1.91. The van der Waals surface area contributed by atoms with Crippen molar-refractivity contribution in [2.45, 2.75) is 27.3 Å². The van der Waals surface area contributed by atoms with Crippen molar-refractivity contribution in [3.05, 3.63) is 30.1 Å². The van der Waals surface area contributed by atoms with Gasteiger partial charge in [-0.3, -0.25) is 14.6 Å². The zero-order chi connectivity index (χ0) is 14.9. The number of pyridine rings is 1. The Balaban J connectivity index is 2.09. The molecule has 2 atom stereocenters. The van der Waals surface area contributed by atoms with Gasteiger partial charge in [-0.25, -0.2) is 0 Å². The van der Waals surface area contributed by atoms with E-state index in [-0.39, 0.29) is 5.91 Å². The second-order valence-electron chi connectivity index (χ2n) is 5.79. The van der Waals surface area contributed by atoms with E-state index in [4.69, 9.17) is 5.11 Å². The van der Waals surface area contributed by atoms with Crippen LogP contribution >= 0.6 is 0 Å². The first-order valence-corrected chi connectivity index (χ1v) is 6.81. The fourth-order valence-electron chi connectivity index (χ4n) is 2.79. The summed E-state index contributed by atoms with van der Waals surface area (Å²) in [7, 11) is 0. The van der Waals surface area contributed by atoms with Crippen LogP contribution in [-0.4, -0.2) is 33.4 Å². The Morgan fingerprint density at radius 1 is 1.35 bits per heavy atom. The molecule has 0 spiro atoms. The summed E-state index contributed by atoms with van der Waals surface area (Å²) in [4.78, 5) is 29.6. The highest BCUT2D eigenvalue weighted by molar-refractivity contribution is 5.91. The molecule has 0 aromatic carbocycles. The number of hydrogen-bond donors (Lipinski definition) is 1. The Bertz CT molecular complexity index is 513. The van der Waals surface area contributed by atoms with E-state index < -0.39 is 23.2 Å². The first-order chi connectivity index (χ1) is 9.39. The fraction of sp³-hybridized carbons (Fsp3) is 0.533. The van der Waals surface area contributed by atoms with Crippen molar-refractivity contribution in [2.24, 2.45) is 17.3 Å². The third-order valence-electron chi connectivity index (χ3n) is 4.13. The van der Waals surface area contributed by atoms with Crippen LogP contribution in [0.4, 0.5) is 0 Å². The molecule has 1 aliphatic rings. The molecule has 1 N–H and O–H groups in total. The van der Waals surface area contributed by atoms with Gasteiger partial charge in [-0.05, 0) is 24.5 Å². The van der Waals surface area contributed by atoms with Crippen LogP contribution in [-0.2, 0) is 16.1 Å². The number of aliphatic carboxylic acids is 1. The van der Waals surface area contributed by atoms with Crippen molar-refractivity contribution in [3.8, 4) is 0 Å². The zero-order valence-electron chi connectivity index (χ0n) is 12.0. The lowest BCUT2D eigenvalue weighted by Gasteiger charge is -2.21. The van der Waals surface area contributed by atoms with E-state index in [0.717, 1.165) is 5.69 Å². The largest absolute Gasteiger partial charge is 0.481 e. The maximum atomic E-state index is 12.5. The molecule has 0 unspecified atom stereocenters. The molecule has 1 amide bonds. The van der Waals surface area contributed by atoms with Crippen LogP contribution in [0, 0.1) is 17.3 Å². The summed E-state index contributed by atoms with van der Waals surface area (Å²) in [6.45, 7) is 6.54. The summed E-state index contributed by atoms with van der Waals surface area (Å²) in [6.07, 6.45) is 1.69. The predicted molar refractivity (Wildman–Crippen MR) is 73.7 cm³/mol. The molecule has 0 radical (unpaired) electrons. The standard InChI is InChI=1S/C15H20N2O3/c1-4-17(9-10-7-5-6-8-16-10)13(18)11-12(14(19)20)15(11,2)3/h5-8,11-12H,4,9H2,1-3H3,(H,19,20)/t11-,12+/m1/s1. The number of carboxylic acids is 1. The van der Waals surface area contributed by atoms with E-state index >= 15 is 0 Å². The van der Waals surface area contributed by atoms with Crippen LogP contribution in [0.25, 0.3) is 0 Å². The van der Waals surface area contributed by atoms with Crippen molar-refractivity contribution < 1.29 is 14.7 Å². The van der Waals surface area contributed by atoms with Crippen molar-refractivity contribution in [1.82, 2.24) is 9.88 Å². The molecule has 1 heterocycles. The molecule has 0 bridgehead atoms. The summed E-state index contributed by atoms with van der Waals surface area (Å²) >= 11 is 0. The number of aromatic nitrogens is 1. The number of carbonyl (C=O) groups is 2. The number of amides is 1. The second-order valence-corrected chi connectivity index (χ2v) is 5.79. The average molecular weight is 276 g/mol. The van der Waals surface area contributed by atoms with Gasteiger partial charge >= 0.3 is 5.97 Å². The fourth-order valence-corrected chi connectivity index (χ4v) is 2.79. The Labute approximate surface area is 118 Å². The molecule has 2 rings (SSSR count). The van der Waals surface area contributed by atoms with Gasteiger partial charge in [0.15, 0.2) is 0 Å². The zero-order valence-corrected chi connectivity index (χ0v) is 12.0. The molecule has 1 aromatic heterocycles. The van der Waals surface area contributed by atoms with E-state index in [1.807, 2.05) is 39.0 Å². The number of carbonyl (C=O) groups excluding carboxylic acids is 1. The molecule has 0 aliphatic heterocycles. The summed E-state index contributed by atoms with van der Waals surface area (Å²) in [5.74, 6) is -1.98. The van der Waals surface area contributed by atoms with E-state index in [1.165, 1.54) is 0 Å². The van der Waals surface area contributed by atoms with Gasteiger partial charge in [0.25, 0.3) is 0 Å². The first kappa shape index (κ1) is 14.5. The Morgan fingerprint density at radius 3 is 2.50 bits per heavy atom. The number of carboxylic acid groups (broad SMARTS) is 1. The molecule has 5 nitrogen and oxygen atoms in total. The van der Waals surface area contributed by atoms with Crippen LogP contribution < -0.4 is 0 Å². The van der Waals surface area contributed by atoms with Crippen molar-refractivity contribution in [3.63, 3.8) is 0 Å². The Morgan fingerprint density at radius 2 is 2.05 bits per heavy atom. The highest BCUT2D eigenvalue weighted by atomic mass is 16.4. The van der Waals surface area contributed by atoms with Gasteiger partial charge in [-0.15, -0.1) is 0 Å². The molecule has 1 saturated carbocycles. The number of nitrogens with zero attached hydrogens (tertiary/aromatic N) is 2. The molecule has 0 saturated heterocycles. The minimum atomic E-state index is -0.887. The molecular formula is C15H20N2O3. The maximum absolute atomic E-state index is 12.5. The van der Waals surface area contributed by atoms with E-state index in [2.05, 4.69) is 4.98 Å². The summed E-state index contributed by atoms with van der Waals surface area (Å²) in [6, 6.07) is 5.57. The quantitative estimate of drug-likeness (QED) is 0.890. The highest BCUT2D eigenvalue weighted by Crippen LogP contribution is 2.59. The van der Waals surface area contributed by atoms with Crippen LogP contribution in [0.2, 0.25) is 0 Å². The molecule has 5 heteroatoms. The maximum Gasteiger partial charge on any atom is 0.307 e.